The molecule has 1 aliphatic carbocycles. The molecule has 0 N–H and O–H groups in total. The van der Waals surface area contributed by atoms with Crippen molar-refractivity contribution in [3.05, 3.63) is 42.0 Å². The largest absolute Gasteiger partial charge is 0.371 e. The molecule has 3 aliphatic rings. The third-order valence-electron chi connectivity index (χ3n) is 5.80. The average molecular weight is 358 g/mol. The second-order valence-electron chi connectivity index (χ2n) is 8.97. The van der Waals surface area contributed by atoms with E-state index >= 15 is 0 Å². The van der Waals surface area contributed by atoms with Gasteiger partial charge in [0.25, 0.3) is 0 Å². The van der Waals surface area contributed by atoms with Crippen LogP contribution in [-0.4, -0.2) is 44.4 Å². The van der Waals surface area contributed by atoms with Gasteiger partial charge in [0.1, 0.15) is 12.2 Å². The Kier molecular flexibility index (Phi) is 4.51. The molecule has 0 aromatic heterocycles. The van der Waals surface area contributed by atoms with Crippen molar-refractivity contribution in [1.82, 2.24) is 0 Å². The van der Waals surface area contributed by atoms with Crippen molar-refractivity contribution in [3.63, 3.8) is 0 Å². The Bertz CT molecular complexity index is 653. The number of benzene rings is 1. The zero-order valence-electron chi connectivity index (χ0n) is 16.3. The Morgan fingerprint density at radius 3 is 1.92 bits per heavy atom. The zero-order valence-corrected chi connectivity index (χ0v) is 16.3. The lowest BCUT2D eigenvalue weighted by atomic mass is 9.60. The SMILES string of the molecule is CC1(C)C=C(c2ccccc2)CC(C)(C)C1(OCC1CO1)OCC1CO1. The van der Waals surface area contributed by atoms with Crippen molar-refractivity contribution in [3.8, 4) is 0 Å². The zero-order chi connectivity index (χ0) is 18.4. The first kappa shape index (κ1) is 18.2. The van der Waals surface area contributed by atoms with Crippen molar-refractivity contribution >= 4 is 5.57 Å². The van der Waals surface area contributed by atoms with Crippen LogP contribution < -0.4 is 0 Å². The molecule has 0 radical (unpaired) electrons. The summed E-state index contributed by atoms with van der Waals surface area (Å²) in [6.07, 6.45) is 3.66. The number of ether oxygens (including phenoxy) is 4. The number of rotatable bonds is 7. The molecule has 2 heterocycles. The molecule has 2 saturated heterocycles. The van der Waals surface area contributed by atoms with Crippen LogP contribution in [0, 0.1) is 10.8 Å². The number of hydrogen-bond donors (Lipinski definition) is 0. The van der Waals surface area contributed by atoms with E-state index in [9.17, 15) is 0 Å². The maximum atomic E-state index is 6.54. The molecule has 2 unspecified atom stereocenters. The second-order valence-corrected chi connectivity index (χ2v) is 8.97. The lowest BCUT2D eigenvalue weighted by Crippen LogP contribution is -2.61. The van der Waals surface area contributed by atoms with Gasteiger partial charge in [0.2, 0.25) is 0 Å². The van der Waals surface area contributed by atoms with E-state index < -0.39 is 5.79 Å². The van der Waals surface area contributed by atoms with Gasteiger partial charge in [0.05, 0.1) is 26.4 Å². The van der Waals surface area contributed by atoms with E-state index in [0.717, 1.165) is 19.6 Å². The first-order chi connectivity index (χ1) is 12.3. The standard InChI is InChI=1S/C22H30O4/c1-20(2)10-17(16-8-6-5-7-9-16)11-21(3,4)22(20,25-14-18-12-23-18)26-15-19-13-24-19/h5-10,18-19H,11-15H2,1-4H3. The molecule has 4 heteroatoms. The van der Waals surface area contributed by atoms with Crippen LogP contribution in [0.25, 0.3) is 5.57 Å². The van der Waals surface area contributed by atoms with Gasteiger partial charge in [-0.2, -0.15) is 0 Å². The highest BCUT2D eigenvalue weighted by Crippen LogP contribution is 2.57. The highest BCUT2D eigenvalue weighted by Gasteiger charge is 2.60. The van der Waals surface area contributed by atoms with Crippen molar-refractivity contribution in [1.29, 1.82) is 0 Å². The molecule has 2 atom stereocenters. The minimum absolute atomic E-state index is 0.194. The van der Waals surface area contributed by atoms with E-state index in [1.165, 1.54) is 11.1 Å². The molecule has 1 aromatic carbocycles. The van der Waals surface area contributed by atoms with E-state index in [1.54, 1.807) is 0 Å². The van der Waals surface area contributed by atoms with Gasteiger partial charge < -0.3 is 18.9 Å². The van der Waals surface area contributed by atoms with Crippen LogP contribution >= 0.6 is 0 Å². The summed E-state index contributed by atoms with van der Waals surface area (Å²) in [5, 5.41) is 0. The summed E-state index contributed by atoms with van der Waals surface area (Å²) in [6, 6.07) is 10.6. The van der Waals surface area contributed by atoms with Gasteiger partial charge in [0.15, 0.2) is 5.79 Å². The monoisotopic (exact) mass is 358 g/mol. The Hall–Kier alpha value is -1.20. The molecule has 0 amide bonds. The first-order valence-corrected chi connectivity index (χ1v) is 9.61. The van der Waals surface area contributed by atoms with Crippen LogP contribution in [0.1, 0.15) is 39.7 Å². The maximum absolute atomic E-state index is 6.54. The Morgan fingerprint density at radius 1 is 0.923 bits per heavy atom. The van der Waals surface area contributed by atoms with Gasteiger partial charge in [-0.3, -0.25) is 0 Å². The highest BCUT2D eigenvalue weighted by molar-refractivity contribution is 5.68. The molecule has 0 saturated carbocycles. The lowest BCUT2D eigenvalue weighted by molar-refractivity contribution is -0.337. The van der Waals surface area contributed by atoms with Crippen molar-refractivity contribution in [2.24, 2.45) is 10.8 Å². The molecule has 4 nitrogen and oxygen atoms in total. The summed E-state index contributed by atoms with van der Waals surface area (Å²) in [4.78, 5) is 0. The van der Waals surface area contributed by atoms with Crippen molar-refractivity contribution in [2.45, 2.75) is 52.1 Å². The van der Waals surface area contributed by atoms with Crippen LogP contribution in [0.2, 0.25) is 0 Å². The quantitative estimate of drug-likeness (QED) is 0.545. The van der Waals surface area contributed by atoms with Gasteiger partial charge in [-0.15, -0.1) is 0 Å². The molecule has 142 valence electrons. The minimum Gasteiger partial charge on any atom is -0.371 e. The number of allylic oxidation sites excluding steroid dienone is 1. The summed E-state index contributed by atoms with van der Waals surface area (Å²) in [5.41, 5.74) is 2.15. The molecule has 0 bridgehead atoms. The van der Waals surface area contributed by atoms with E-state index in [4.69, 9.17) is 18.9 Å². The molecule has 26 heavy (non-hydrogen) atoms. The topological polar surface area (TPSA) is 43.5 Å². The summed E-state index contributed by atoms with van der Waals surface area (Å²) in [7, 11) is 0. The molecular formula is C22H30O4. The summed E-state index contributed by atoms with van der Waals surface area (Å²) < 4.78 is 23.9. The molecule has 4 rings (SSSR count). The summed E-state index contributed by atoms with van der Waals surface area (Å²) in [5.74, 6) is -0.712. The van der Waals surface area contributed by atoms with Gasteiger partial charge in [-0.05, 0) is 17.6 Å². The van der Waals surface area contributed by atoms with E-state index in [0.29, 0.717) is 13.2 Å². The smallest absolute Gasteiger partial charge is 0.182 e. The normalized spacial score (nSPS) is 34.2. The molecular weight excluding hydrogens is 328 g/mol. The third-order valence-corrected chi connectivity index (χ3v) is 5.80. The average Bonchev–Trinajstić information content (AvgIpc) is 3.48. The van der Waals surface area contributed by atoms with Gasteiger partial charge in [-0.25, -0.2) is 0 Å². The second kappa shape index (κ2) is 6.45. The van der Waals surface area contributed by atoms with Gasteiger partial charge in [0, 0.05) is 10.8 Å². The van der Waals surface area contributed by atoms with E-state index in [1.807, 2.05) is 0 Å². The van der Waals surface area contributed by atoms with E-state index in [2.05, 4.69) is 64.1 Å². The number of hydrogen-bond acceptors (Lipinski definition) is 4. The lowest BCUT2D eigenvalue weighted by Gasteiger charge is -2.56. The van der Waals surface area contributed by atoms with E-state index in [-0.39, 0.29) is 23.0 Å². The van der Waals surface area contributed by atoms with Crippen LogP contribution in [-0.2, 0) is 18.9 Å². The van der Waals surface area contributed by atoms with Crippen LogP contribution in [0.5, 0.6) is 0 Å². The fraction of sp³-hybridized carbons (Fsp3) is 0.636. The van der Waals surface area contributed by atoms with Crippen molar-refractivity contribution < 1.29 is 18.9 Å². The minimum atomic E-state index is -0.712. The molecule has 1 aromatic rings. The Labute approximate surface area is 156 Å². The Morgan fingerprint density at radius 2 is 1.46 bits per heavy atom. The molecule has 2 fully saturated rings. The Balaban J connectivity index is 1.68. The van der Waals surface area contributed by atoms with Crippen LogP contribution in [0.3, 0.4) is 0 Å². The fourth-order valence-electron chi connectivity index (χ4n) is 4.44. The summed E-state index contributed by atoms with van der Waals surface area (Å²) in [6.45, 7) is 11.7. The highest BCUT2D eigenvalue weighted by atomic mass is 16.7. The number of epoxide rings is 2. The summed E-state index contributed by atoms with van der Waals surface area (Å²) >= 11 is 0. The van der Waals surface area contributed by atoms with Crippen LogP contribution in [0.15, 0.2) is 36.4 Å². The van der Waals surface area contributed by atoms with Gasteiger partial charge in [-0.1, -0.05) is 64.1 Å². The van der Waals surface area contributed by atoms with Gasteiger partial charge >= 0.3 is 0 Å². The molecule has 2 aliphatic heterocycles. The maximum Gasteiger partial charge on any atom is 0.182 e. The molecule has 0 spiro atoms. The third kappa shape index (κ3) is 3.36. The van der Waals surface area contributed by atoms with Crippen molar-refractivity contribution in [2.75, 3.05) is 26.4 Å². The predicted molar refractivity (Wildman–Crippen MR) is 101 cm³/mol. The first-order valence-electron chi connectivity index (χ1n) is 9.61. The predicted octanol–water partition coefficient (Wildman–Crippen LogP) is 4.05. The van der Waals surface area contributed by atoms with Crippen LogP contribution in [0.4, 0.5) is 0 Å². The fourth-order valence-corrected chi connectivity index (χ4v) is 4.44.